The molecule has 4 aromatic rings. The van der Waals surface area contributed by atoms with Crippen LogP contribution in [0.3, 0.4) is 0 Å². The summed E-state index contributed by atoms with van der Waals surface area (Å²) in [5, 5.41) is 29.7. The van der Waals surface area contributed by atoms with Crippen molar-refractivity contribution in [2.75, 3.05) is 4.72 Å². The van der Waals surface area contributed by atoms with Gasteiger partial charge in [0.15, 0.2) is 0 Å². The fourth-order valence-corrected chi connectivity index (χ4v) is 6.91. The van der Waals surface area contributed by atoms with Crippen LogP contribution in [0.5, 0.6) is 0 Å². The van der Waals surface area contributed by atoms with Crippen LogP contribution in [0.25, 0.3) is 22.4 Å². The highest BCUT2D eigenvalue weighted by molar-refractivity contribution is 7.93. The van der Waals surface area contributed by atoms with Crippen LogP contribution in [0.2, 0.25) is 0 Å². The Kier molecular flexibility index (Phi) is 10.4. The lowest BCUT2D eigenvalue weighted by molar-refractivity contribution is -0.139. The van der Waals surface area contributed by atoms with E-state index < -0.39 is 69.5 Å². The highest BCUT2D eigenvalue weighted by Gasteiger charge is 2.34. The molecule has 0 fully saturated rings. The van der Waals surface area contributed by atoms with Crippen LogP contribution in [0.4, 0.5) is 23.2 Å². The number of rotatable bonds is 13. The normalized spacial score (nSPS) is 13.2. The van der Waals surface area contributed by atoms with Crippen molar-refractivity contribution in [2.45, 2.75) is 62.7 Å². The molecule has 0 bridgehead atoms. The zero-order valence-electron chi connectivity index (χ0n) is 24.3. The molecule has 8 nitrogen and oxygen atoms in total. The second kappa shape index (κ2) is 13.8. The summed E-state index contributed by atoms with van der Waals surface area (Å²) in [7, 11) is -4.67. The minimum Gasteiger partial charge on any atom is -0.481 e. The molecule has 0 radical (unpaired) electrons. The maximum atomic E-state index is 14.7. The molecule has 0 unspecified atom stereocenters. The largest absolute Gasteiger partial charge is 0.481 e. The Hall–Kier alpha value is -4.20. The third-order valence-electron chi connectivity index (χ3n) is 7.14. The number of nitrogens with zero attached hydrogens (tertiary/aromatic N) is 1. The number of hydrogen-bond acceptors (Lipinski definition) is 5. The molecular formula is C32H32F4N2O6S. The smallest absolute Gasteiger partial charge is 0.305 e. The number of aliphatic carboxylic acids is 1. The third-order valence-corrected chi connectivity index (χ3v) is 8.58. The average molecular weight is 649 g/mol. The van der Waals surface area contributed by atoms with Gasteiger partial charge in [-0.1, -0.05) is 26.0 Å². The number of carbonyl (C=O) groups is 1. The zero-order valence-corrected chi connectivity index (χ0v) is 25.2. The van der Waals surface area contributed by atoms with Gasteiger partial charge in [-0.05, 0) is 78.4 Å². The van der Waals surface area contributed by atoms with Gasteiger partial charge in [0.05, 0.1) is 30.0 Å². The fourth-order valence-electron chi connectivity index (χ4n) is 5.25. The summed E-state index contributed by atoms with van der Waals surface area (Å²) >= 11 is 0. The average Bonchev–Trinajstić information content (AvgIpc) is 3.30. The summed E-state index contributed by atoms with van der Waals surface area (Å²) in [4.78, 5) is 10.7. The second-order valence-corrected chi connectivity index (χ2v) is 12.5. The van der Waals surface area contributed by atoms with Crippen molar-refractivity contribution in [2.24, 2.45) is 0 Å². The Bertz CT molecular complexity index is 1770. The number of carboxylic acids is 1. The van der Waals surface area contributed by atoms with E-state index in [1.165, 1.54) is 36.4 Å². The third kappa shape index (κ3) is 7.91. The standard InChI is InChI=1S/C32H32F4N2O6S/c1-18(2)30-32(45(43,44)37-27-12-11-23(35)15-26(27)36)29(19-3-7-21(33)8-4-19)31(20-5-9-22(34)10-6-20)38(30)14-13-24(39)16-25(40)17-28(41)42/h3-12,15,18,24-25,37,39-40H,13-14,16-17H2,1-2H3,(H,41,42)/t24-,25-/m1/s1. The van der Waals surface area contributed by atoms with Crippen LogP contribution in [-0.2, 0) is 21.4 Å². The van der Waals surface area contributed by atoms with Crippen molar-refractivity contribution in [3.8, 4) is 22.4 Å². The van der Waals surface area contributed by atoms with Gasteiger partial charge in [-0.25, -0.2) is 26.0 Å². The van der Waals surface area contributed by atoms with Crippen molar-refractivity contribution >= 4 is 21.7 Å². The first-order valence-corrected chi connectivity index (χ1v) is 15.5. The van der Waals surface area contributed by atoms with Gasteiger partial charge >= 0.3 is 5.97 Å². The molecule has 0 saturated carbocycles. The van der Waals surface area contributed by atoms with Crippen molar-refractivity contribution in [3.05, 3.63) is 95.7 Å². The van der Waals surface area contributed by atoms with Crippen LogP contribution < -0.4 is 4.72 Å². The van der Waals surface area contributed by atoms with Gasteiger partial charge < -0.3 is 19.9 Å². The maximum Gasteiger partial charge on any atom is 0.305 e. The number of sulfonamides is 1. The van der Waals surface area contributed by atoms with Gasteiger partial charge in [0.2, 0.25) is 0 Å². The molecule has 240 valence electrons. The number of benzene rings is 3. The molecule has 1 aromatic heterocycles. The van der Waals surface area contributed by atoms with Crippen LogP contribution in [0.1, 0.15) is 44.7 Å². The molecule has 0 amide bonds. The van der Waals surface area contributed by atoms with Crippen molar-refractivity contribution in [1.82, 2.24) is 4.57 Å². The van der Waals surface area contributed by atoms with E-state index in [0.717, 1.165) is 24.3 Å². The Morgan fingerprint density at radius 1 is 0.844 bits per heavy atom. The number of aliphatic hydroxyl groups is 2. The topological polar surface area (TPSA) is 129 Å². The predicted molar refractivity (Wildman–Crippen MR) is 160 cm³/mol. The van der Waals surface area contributed by atoms with Crippen LogP contribution in [0, 0.1) is 23.3 Å². The molecule has 2 atom stereocenters. The predicted octanol–water partition coefficient (Wildman–Crippen LogP) is 6.28. The Labute approximate surface area is 257 Å². The van der Waals surface area contributed by atoms with Gasteiger partial charge in [-0.3, -0.25) is 9.52 Å². The number of hydrogen-bond donors (Lipinski definition) is 4. The molecule has 45 heavy (non-hydrogen) atoms. The molecule has 4 N–H and O–H groups in total. The maximum absolute atomic E-state index is 14.7. The molecule has 0 aliphatic heterocycles. The van der Waals surface area contributed by atoms with E-state index in [2.05, 4.69) is 4.72 Å². The van der Waals surface area contributed by atoms with E-state index in [1.54, 1.807) is 18.4 Å². The van der Waals surface area contributed by atoms with Crippen LogP contribution in [-0.4, -0.2) is 46.5 Å². The molecule has 3 aromatic carbocycles. The van der Waals surface area contributed by atoms with E-state index in [9.17, 15) is 41.0 Å². The van der Waals surface area contributed by atoms with E-state index >= 15 is 0 Å². The van der Waals surface area contributed by atoms with Gasteiger partial charge in [0, 0.05) is 23.9 Å². The first kappa shape index (κ1) is 33.7. The molecule has 1 heterocycles. The summed E-state index contributed by atoms with van der Waals surface area (Å²) in [6.45, 7) is 3.37. The lowest BCUT2D eigenvalue weighted by Crippen LogP contribution is -2.22. The number of carboxylic acid groups (broad SMARTS) is 1. The number of nitrogens with one attached hydrogen (secondary N) is 1. The van der Waals surface area contributed by atoms with Crippen molar-refractivity contribution < 1.29 is 46.1 Å². The van der Waals surface area contributed by atoms with Crippen LogP contribution >= 0.6 is 0 Å². The molecule has 0 aliphatic carbocycles. The summed E-state index contributed by atoms with van der Waals surface area (Å²) in [5.74, 6) is -5.00. The van der Waals surface area contributed by atoms with Crippen molar-refractivity contribution in [1.29, 1.82) is 0 Å². The SMILES string of the molecule is CC(C)c1c(S(=O)(=O)Nc2ccc(F)cc2F)c(-c2ccc(F)cc2)c(-c2ccc(F)cc2)n1CC[C@@H](O)C[C@@H](O)CC(=O)O. The van der Waals surface area contributed by atoms with E-state index in [0.29, 0.717) is 11.6 Å². The highest BCUT2D eigenvalue weighted by Crippen LogP contribution is 2.45. The molecule has 4 rings (SSSR count). The summed E-state index contributed by atoms with van der Waals surface area (Å²) in [5.41, 5.74) is 0.669. The van der Waals surface area contributed by atoms with E-state index in [1.807, 2.05) is 0 Å². The van der Waals surface area contributed by atoms with Gasteiger partial charge in [-0.2, -0.15) is 0 Å². The first-order chi connectivity index (χ1) is 21.2. The number of halogens is 4. The first-order valence-electron chi connectivity index (χ1n) is 14.0. The van der Waals surface area contributed by atoms with Gasteiger partial charge in [0.25, 0.3) is 10.0 Å². The lowest BCUT2D eigenvalue weighted by atomic mass is 10.00. The molecular weight excluding hydrogens is 616 g/mol. The number of anilines is 1. The molecule has 0 aliphatic rings. The van der Waals surface area contributed by atoms with E-state index in [4.69, 9.17) is 5.11 Å². The minimum atomic E-state index is -4.67. The summed E-state index contributed by atoms with van der Waals surface area (Å²) < 4.78 is 88.6. The van der Waals surface area contributed by atoms with Crippen LogP contribution in [0.15, 0.2) is 71.6 Å². The summed E-state index contributed by atoms with van der Waals surface area (Å²) in [6, 6.07) is 12.5. The highest BCUT2D eigenvalue weighted by atomic mass is 32.2. The van der Waals surface area contributed by atoms with Crippen molar-refractivity contribution in [3.63, 3.8) is 0 Å². The lowest BCUT2D eigenvalue weighted by Gasteiger charge is -2.20. The molecule has 13 heteroatoms. The zero-order chi connectivity index (χ0) is 33.1. The van der Waals surface area contributed by atoms with Gasteiger partial charge in [-0.15, -0.1) is 0 Å². The number of aromatic nitrogens is 1. The number of aliphatic hydroxyl groups excluding tert-OH is 2. The Morgan fingerprint density at radius 3 is 1.93 bits per heavy atom. The molecule has 0 saturated heterocycles. The molecule has 0 spiro atoms. The minimum absolute atomic E-state index is 0.0458. The quantitative estimate of drug-likeness (QED) is 0.126. The summed E-state index contributed by atoms with van der Waals surface area (Å²) in [6.07, 6.45) is -3.42. The van der Waals surface area contributed by atoms with Gasteiger partial charge in [0.1, 0.15) is 28.2 Å². The monoisotopic (exact) mass is 648 g/mol. The van der Waals surface area contributed by atoms with E-state index in [-0.39, 0.29) is 46.8 Å². The Morgan fingerprint density at radius 2 is 1.40 bits per heavy atom. The fraction of sp³-hybridized carbons (Fsp3) is 0.281. The Balaban J connectivity index is 1.98. The second-order valence-electron chi connectivity index (χ2n) is 10.9.